The van der Waals surface area contributed by atoms with E-state index in [0.717, 1.165) is 12.2 Å². The molecule has 2 heterocycles. The van der Waals surface area contributed by atoms with Gasteiger partial charge >= 0.3 is 0 Å². The van der Waals surface area contributed by atoms with Crippen molar-refractivity contribution in [3.05, 3.63) is 29.6 Å². The third-order valence-corrected chi connectivity index (χ3v) is 2.56. The molecule has 2 aromatic heterocycles. The Morgan fingerprint density at radius 2 is 2.06 bits per heavy atom. The molecule has 0 spiro atoms. The van der Waals surface area contributed by atoms with E-state index in [1.54, 1.807) is 23.1 Å². The molecule has 16 heavy (non-hydrogen) atoms. The van der Waals surface area contributed by atoms with Gasteiger partial charge in [-0.25, -0.2) is 15.0 Å². The maximum Gasteiger partial charge on any atom is 0.252 e. The average Bonchev–Trinajstić information content (AvgIpc) is 2.71. The van der Waals surface area contributed by atoms with Gasteiger partial charge in [0.15, 0.2) is 0 Å². The molecule has 1 atom stereocenters. The van der Waals surface area contributed by atoms with Crippen molar-refractivity contribution in [2.24, 2.45) is 0 Å². The summed E-state index contributed by atoms with van der Waals surface area (Å²) in [4.78, 5) is 12.5. The van der Waals surface area contributed by atoms with Crippen molar-refractivity contribution >= 4 is 11.6 Å². The van der Waals surface area contributed by atoms with E-state index in [1.807, 2.05) is 0 Å². The molecule has 0 aliphatic carbocycles. The monoisotopic (exact) mass is 237 g/mol. The van der Waals surface area contributed by atoms with E-state index in [0.29, 0.717) is 5.95 Å². The van der Waals surface area contributed by atoms with Crippen LogP contribution in [-0.4, -0.2) is 24.7 Å². The minimum Gasteiger partial charge on any atom is -0.220 e. The van der Waals surface area contributed by atoms with Crippen LogP contribution in [0.1, 0.15) is 32.0 Å². The Balaban J connectivity index is 2.48. The predicted molar refractivity (Wildman–Crippen MR) is 60.7 cm³/mol. The molecule has 0 saturated carbocycles. The highest BCUT2D eigenvalue weighted by Crippen LogP contribution is 2.19. The zero-order valence-corrected chi connectivity index (χ0v) is 9.89. The molecule has 0 amide bonds. The number of rotatable bonds is 3. The summed E-state index contributed by atoms with van der Waals surface area (Å²) in [6.07, 6.45) is 4.29. The van der Waals surface area contributed by atoms with Crippen LogP contribution in [0.5, 0.6) is 0 Å². The van der Waals surface area contributed by atoms with Gasteiger partial charge in [-0.3, -0.25) is 0 Å². The van der Waals surface area contributed by atoms with Crippen molar-refractivity contribution in [1.82, 2.24) is 24.7 Å². The molecule has 0 aromatic carbocycles. The molecule has 2 aromatic rings. The first-order valence-electron chi connectivity index (χ1n) is 5.12. The van der Waals surface area contributed by atoms with Crippen LogP contribution in [0, 0.1) is 0 Å². The molecule has 0 aliphatic rings. The molecule has 5 nitrogen and oxygen atoms in total. The maximum atomic E-state index is 5.82. The Labute approximate surface area is 98.5 Å². The van der Waals surface area contributed by atoms with Gasteiger partial charge in [0, 0.05) is 18.3 Å². The van der Waals surface area contributed by atoms with Crippen LogP contribution in [0.25, 0.3) is 5.95 Å². The second-order valence-corrected chi connectivity index (χ2v) is 3.85. The molecule has 1 unspecified atom stereocenters. The Morgan fingerprint density at radius 3 is 2.69 bits per heavy atom. The highest BCUT2D eigenvalue weighted by molar-refractivity contribution is 6.28. The van der Waals surface area contributed by atoms with Crippen molar-refractivity contribution in [1.29, 1.82) is 0 Å². The largest absolute Gasteiger partial charge is 0.252 e. The van der Waals surface area contributed by atoms with Crippen molar-refractivity contribution in [2.45, 2.75) is 26.2 Å². The van der Waals surface area contributed by atoms with Crippen LogP contribution >= 0.6 is 11.6 Å². The van der Waals surface area contributed by atoms with Crippen LogP contribution in [0.3, 0.4) is 0 Å². The van der Waals surface area contributed by atoms with E-state index >= 15 is 0 Å². The van der Waals surface area contributed by atoms with Crippen molar-refractivity contribution in [3.63, 3.8) is 0 Å². The second kappa shape index (κ2) is 4.57. The Kier molecular flexibility index (Phi) is 3.14. The number of nitrogens with zero attached hydrogens (tertiary/aromatic N) is 5. The average molecular weight is 238 g/mol. The van der Waals surface area contributed by atoms with E-state index < -0.39 is 0 Å². The molecule has 6 heteroatoms. The first kappa shape index (κ1) is 11.0. The lowest BCUT2D eigenvalue weighted by molar-refractivity contribution is 0.632. The number of halogens is 1. The van der Waals surface area contributed by atoms with Gasteiger partial charge in [-0.15, -0.1) is 5.10 Å². The molecular weight excluding hydrogens is 226 g/mol. The predicted octanol–water partition coefficient (Wildman–Crippen LogP) is 2.22. The Hall–Kier alpha value is -1.49. The van der Waals surface area contributed by atoms with Gasteiger partial charge in [-0.2, -0.15) is 4.68 Å². The van der Waals surface area contributed by atoms with Crippen molar-refractivity contribution in [2.75, 3.05) is 0 Å². The quantitative estimate of drug-likeness (QED) is 0.822. The van der Waals surface area contributed by atoms with E-state index in [2.05, 4.69) is 33.9 Å². The molecule has 0 saturated heterocycles. The van der Waals surface area contributed by atoms with Gasteiger partial charge in [0.1, 0.15) is 5.82 Å². The SMILES string of the molecule is CCC(C)c1nc(Cl)nn1-c1ncccn1. The zero-order chi connectivity index (χ0) is 11.5. The highest BCUT2D eigenvalue weighted by atomic mass is 35.5. The number of aromatic nitrogens is 5. The third-order valence-electron chi connectivity index (χ3n) is 2.40. The summed E-state index contributed by atoms with van der Waals surface area (Å²) in [7, 11) is 0. The van der Waals surface area contributed by atoms with Gasteiger partial charge in [-0.05, 0) is 24.1 Å². The van der Waals surface area contributed by atoms with Gasteiger partial charge in [0.2, 0.25) is 5.28 Å². The summed E-state index contributed by atoms with van der Waals surface area (Å²) >= 11 is 5.82. The summed E-state index contributed by atoms with van der Waals surface area (Å²) in [5.74, 6) is 1.56. The first-order valence-corrected chi connectivity index (χ1v) is 5.50. The zero-order valence-electron chi connectivity index (χ0n) is 9.13. The summed E-state index contributed by atoms with van der Waals surface area (Å²) in [6, 6.07) is 1.75. The maximum absolute atomic E-state index is 5.82. The number of hydrogen-bond donors (Lipinski definition) is 0. The minimum atomic E-state index is 0.225. The minimum absolute atomic E-state index is 0.225. The van der Waals surface area contributed by atoms with Crippen LogP contribution in [0.15, 0.2) is 18.5 Å². The molecule has 0 aliphatic heterocycles. The lowest BCUT2D eigenvalue weighted by atomic mass is 10.1. The smallest absolute Gasteiger partial charge is 0.220 e. The van der Waals surface area contributed by atoms with E-state index in [4.69, 9.17) is 11.6 Å². The van der Waals surface area contributed by atoms with Crippen LogP contribution in [0.4, 0.5) is 0 Å². The van der Waals surface area contributed by atoms with Gasteiger partial charge in [0.05, 0.1) is 0 Å². The topological polar surface area (TPSA) is 56.5 Å². The fourth-order valence-corrected chi connectivity index (χ4v) is 1.51. The van der Waals surface area contributed by atoms with Gasteiger partial charge < -0.3 is 0 Å². The van der Waals surface area contributed by atoms with Crippen molar-refractivity contribution in [3.8, 4) is 5.95 Å². The molecule has 84 valence electrons. The molecule has 2 rings (SSSR count). The Bertz CT molecular complexity index is 467. The Morgan fingerprint density at radius 1 is 1.38 bits per heavy atom. The highest BCUT2D eigenvalue weighted by Gasteiger charge is 2.16. The summed E-state index contributed by atoms with van der Waals surface area (Å²) in [5, 5.41) is 4.32. The van der Waals surface area contributed by atoms with Crippen LogP contribution in [-0.2, 0) is 0 Å². The summed E-state index contributed by atoms with van der Waals surface area (Å²) in [5.41, 5.74) is 0. The third kappa shape index (κ3) is 2.04. The second-order valence-electron chi connectivity index (χ2n) is 3.51. The molecule has 0 radical (unpaired) electrons. The number of hydrogen-bond acceptors (Lipinski definition) is 4. The van der Waals surface area contributed by atoms with E-state index in [-0.39, 0.29) is 11.2 Å². The fourth-order valence-electron chi connectivity index (χ4n) is 1.35. The van der Waals surface area contributed by atoms with Crippen molar-refractivity contribution < 1.29 is 0 Å². The molecular formula is C10H12ClN5. The molecule has 0 N–H and O–H groups in total. The standard InChI is InChI=1S/C10H12ClN5/c1-3-7(2)8-14-9(11)15-16(8)10-12-5-4-6-13-10/h4-7H,3H2,1-2H3. The first-order chi connectivity index (χ1) is 7.72. The van der Waals surface area contributed by atoms with E-state index in [9.17, 15) is 0 Å². The lowest BCUT2D eigenvalue weighted by Crippen LogP contribution is -2.09. The van der Waals surface area contributed by atoms with E-state index in [1.165, 1.54) is 0 Å². The van der Waals surface area contributed by atoms with Gasteiger partial charge in [0.25, 0.3) is 5.95 Å². The molecule has 0 fully saturated rings. The fraction of sp³-hybridized carbons (Fsp3) is 0.400. The lowest BCUT2D eigenvalue weighted by Gasteiger charge is -2.08. The van der Waals surface area contributed by atoms with Gasteiger partial charge in [-0.1, -0.05) is 13.8 Å². The summed E-state index contributed by atoms with van der Waals surface area (Å²) < 4.78 is 1.59. The molecule has 0 bridgehead atoms. The van der Waals surface area contributed by atoms with Crippen LogP contribution < -0.4 is 0 Å². The van der Waals surface area contributed by atoms with Crippen LogP contribution in [0.2, 0.25) is 5.28 Å². The normalized spacial score (nSPS) is 12.7. The summed E-state index contributed by atoms with van der Waals surface area (Å²) in [6.45, 7) is 4.16.